The molecule has 0 aromatic carbocycles. The van der Waals surface area contributed by atoms with Crippen molar-refractivity contribution in [3.8, 4) is 0 Å². The van der Waals surface area contributed by atoms with E-state index < -0.39 is 5.97 Å². The molecule has 1 aromatic heterocycles. The standard InChI is InChI=1S/C8H9NO2S/c1-12-5-6-2-7(8(10)11)4-9-3-6/h2-4H,5H2,1H3,(H,10,11). The number of carbonyl (C=O) groups is 1. The van der Waals surface area contributed by atoms with E-state index in [-0.39, 0.29) is 5.56 Å². The minimum atomic E-state index is -0.926. The molecule has 0 aliphatic rings. The van der Waals surface area contributed by atoms with Gasteiger partial charge in [0.25, 0.3) is 0 Å². The molecule has 1 rings (SSSR count). The van der Waals surface area contributed by atoms with Crippen LogP contribution in [0, 0.1) is 0 Å². The van der Waals surface area contributed by atoms with E-state index in [1.165, 1.54) is 6.20 Å². The molecule has 4 heteroatoms. The molecule has 1 N–H and O–H groups in total. The van der Waals surface area contributed by atoms with Crippen LogP contribution in [0.3, 0.4) is 0 Å². The van der Waals surface area contributed by atoms with Crippen molar-refractivity contribution in [2.75, 3.05) is 6.26 Å². The minimum Gasteiger partial charge on any atom is -0.478 e. The first-order valence-corrected chi connectivity index (χ1v) is 4.79. The second-order valence-corrected chi connectivity index (χ2v) is 3.19. The molecular formula is C8H9NO2S. The van der Waals surface area contributed by atoms with Crippen LogP contribution < -0.4 is 0 Å². The highest BCUT2D eigenvalue weighted by molar-refractivity contribution is 7.97. The summed E-state index contributed by atoms with van der Waals surface area (Å²) in [7, 11) is 0. The van der Waals surface area contributed by atoms with Crippen LogP contribution in [0.25, 0.3) is 0 Å². The van der Waals surface area contributed by atoms with Crippen molar-refractivity contribution in [2.24, 2.45) is 0 Å². The predicted molar refractivity (Wildman–Crippen MR) is 48.4 cm³/mol. The zero-order valence-corrected chi connectivity index (χ0v) is 7.47. The highest BCUT2D eigenvalue weighted by Gasteiger charge is 2.02. The molecule has 0 unspecified atom stereocenters. The molecule has 0 aliphatic heterocycles. The smallest absolute Gasteiger partial charge is 0.337 e. The summed E-state index contributed by atoms with van der Waals surface area (Å²) in [4.78, 5) is 14.3. The van der Waals surface area contributed by atoms with Gasteiger partial charge in [-0.2, -0.15) is 11.8 Å². The van der Waals surface area contributed by atoms with E-state index in [0.29, 0.717) is 0 Å². The SMILES string of the molecule is CSCc1cncc(C(=O)O)c1. The van der Waals surface area contributed by atoms with Gasteiger partial charge >= 0.3 is 5.97 Å². The van der Waals surface area contributed by atoms with E-state index in [1.807, 2.05) is 6.26 Å². The normalized spacial score (nSPS) is 9.75. The summed E-state index contributed by atoms with van der Waals surface area (Å²) < 4.78 is 0. The Morgan fingerprint density at radius 2 is 2.42 bits per heavy atom. The minimum absolute atomic E-state index is 0.251. The van der Waals surface area contributed by atoms with Gasteiger partial charge in [0.2, 0.25) is 0 Å². The average Bonchev–Trinajstić information content (AvgIpc) is 2.05. The summed E-state index contributed by atoms with van der Waals surface area (Å²) in [6.45, 7) is 0. The number of rotatable bonds is 3. The van der Waals surface area contributed by atoms with Gasteiger partial charge in [-0.15, -0.1) is 0 Å². The fourth-order valence-corrected chi connectivity index (χ4v) is 1.34. The average molecular weight is 183 g/mol. The number of carboxylic acid groups (broad SMARTS) is 1. The molecule has 12 heavy (non-hydrogen) atoms. The Labute approximate surface area is 74.8 Å². The van der Waals surface area contributed by atoms with Gasteiger partial charge in [-0.1, -0.05) is 0 Å². The van der Waals surface area contributed by atoms with E-state index in [0.717, 1.165) is 11.3 Å². The third-order valence-electron chi connectivity index (χ3n) is 1.35. The Balaban J connectivity index is 2.88. The highest BCUT2D eigenvalue weighted by atomic mass is 32.2. The van der Waals surface area contributed by atoms with Crippen LogP contribution in [0.5, 0.6) is 0 Å². The van der Waals surface area contributed by atoms with Crippen molar-refractivity contribution in [1.29, 1.82) is 0 Å². The van der Waals surface area contributed by atoms with Crippen molar-refractivity contribution < 1.29 is 9.90 Å². The van der Waals surface area contributed by atoms with Gasteiger partial charge in [0.1, 0.15) is 0 Å². The Hall–Kier alpha value is -1.03. The Bertz CT molecular complexity index is 288. The number of pyridine rings is 1. The Kier molecular flexibility index (Phi) is 3.10. The van der Waals surface area contributed by atoms with Crippen LogP contribution in [-0.4, -0.2) is 22.3 Å². The van der Waals surface area contributed by atoms with Crippen molar-refractivity contribution in [2.45, 2.75) is 5.75 Å². The first kappa shape index (κ1) is 9.06. The first-order chi connectivity index (χ1) is 5.74. The number of hydrogen-bond donors (Lipinski definition) is 1. The maximum absolute atomic E-state index is 10.5. The van der Waals surface area contributed by atoms with Crippen LogP contribution in [0.4, 0.5) is 0 Å². The summed E-state index contributed by atoms with van der Waals surface area (Å²) in [6.07, 6.45) is 5.00. The molecule has 0 atom stereocenters. The van der Waals surface area contributed by atoms with Crippen molar-refractivity contribution >= 4 is 17.7 Å². The lowest BCUT2D eigenvalue weighted by Crippen LogP contribution is -1.98. The fraction of sp³-hybridized carbons (Fsp3) is 0.250. The van der Waals surface area contributed by atoms with E-state index >= 15 is 0 Å². The fourth-order valence-electron chi connectivity index (χ4n) is 0.850. The molecule has 0 spiro atoms. The third-order valence-corrected chi connectivity index (χ3v) is 1.97. The lowest BCUT2D eigenvalue weighted by atomic mass is 10.2. The number of nitrogens with zero attached hydrogens (tertiary/aromatic N) is 1. The molecule has 0 fully saturated rings. The topological polar surface area (TPSA) is 50.2 Å². The maximum atomic E-state index is 10.5. The largest absolute Gasteiger partial charge is 0.478 e. The van der Waals surface area contributed by atoms with Crippen LogP contribution in [0.1, 0.15) is 15.9 Å². The van der Waals surface area contributed by atoms with Gasteiger partial charge in [0.05, 0.1) is 5.56 Å². The number of aromatic nitrogens is 1. The van der Waals surface area contributed by atoms with Crippen molar-refractivity contribution in [1.82, 2.24) is 4.98 Å². The molecule has 1 heterocycles. The summed E-state index contributed by atoms with van der Waals surface area (Å²) in [5, 5.41) is 8.63. The van der Waals surface area contributed by atoms with Crippen LogP contribution in [-0.2, 0) is 5.75 Å². The lowest BCUT2D eigenvalue weighted by molar-refractivity contribution is 0.0696. The predicted octanol–water partition coefficient (Wildman–Crippen LogP) is 1.64. The first-order valence-electron chi connectivity index (χ1n) is 3.40. The summed E-state index contributed by atoms with van der Waals surface area (Å²) in [5.41, 5.74) is 1.20. The molecule has 0 saturated heterocycles. The third kappa shape index (κ3) is 2.23. The van der Waals surface area contributed by atoms with Gasteiger partial charge < -0.3 is 5.11 Å². The van der Waals surface area contributed by atoms with Gasteiger partial charge in [-0.05, 0) is 17.9 Å². The second kappa shape index (κ2) is 4.11. The summed E-state index contributed by atoms with van der Waals surface area (Å²) in [5.74, 6) is -0.126. The highest BCUT2D eigenvalue weighted by Crippen LogP contribution is 2.09. The Morgan fingerprint density at radius 1 is 1.67 bits per heavy atom. The van der Waals surface area contributed by atoms with Gasteiger partial charge in [0, 0.05) is 18.1 Å². The van der Waals surface area contributed by atoms with Crippen LogP contribution >= 0.6 is 11.8 Å². The number of hydrogen-bond acceptors (Lipinski definition) is 3. The molecule has 0 bridgehead atoms. The van der Waals surface area contributed by atoms with E-state index in [9.17, 15) is 4.79 Å². The van der Waals surface area contributed by atoms with Gasteiger partial charge in [-0.25, -0.2) is 4.79 Å². The van der Waals surface area contributed by atoms with E-state index in [1.54, 1.807) is 24.0 Å². The quantitative estimate of drug-likeness (QED) is 0.774. The zero-order chi connectivity index (χ0) is 8.97. The monoisotopic (exact) mass is 183 g/mol. The van der Waals surface area contributed by atoms with Crippen LogP contribution in [0.2, 0.25) is 0 Å². The van der Waals surface area contributed by atoms with Crippen molar-refractivity contribution in [3.05, 3.63) is 29.6 Å². The lowest BCUT2D eigenvalue weighted by Gasteiger charge is -1.98. The zero-order valence-electron chi connectivity index (χ0n) is 6.65. The molecule has 0 amide bonds. The molecule has 64 valence electrons. The molecule has 0 radical (unpaired) electrons. The number of thioether (sulfide) groups is 1. The van der Waals surface area contributed by atoms with Gasteiger partial charge in [-0.3, -0.25) is 4.98 Å². The number of carboxylic acids is 1. The second-order valence-electron chi connectivity index (χ2n) is 2.32. The molecule has 1 aromatic rings. The number of aromatic carboxylic acids is 1. The Morgan fingerprint density at radius 3 is 3.00 bits per heavy atom. The van der Waals surface area contributed by atoms with Crippen LogP contribution in [0.15, 0.2) is 18.5 Å². The van der Waals surface area contributed by atoms with Crippen molar-refractivity contribution in [3.63, 3.8) is 0 Å². The molecule has 3 nitrogen and oxygen atoms in total. The summed E-state index contributed by atoms with van der Waals surface area (Å²) in [6, 6.07) is 1.64. The summed E-state index contributed by atoms with van der Waals surface area (Å²) >= 11 is 1.64. The van der Waals surface area contributed by atoms with E-state index in [4.69, 9.17) is 5.11 Å². The molecule has 0 saturated carbocycles. The maximum Gasteiger partial charge on any atom is 0.337 e. The molecular weight excluding hydrogens is 174 g/mol. The molecule has 0 aliphatic carbocycles. The van der Waals surface area contributed by atoms with E-state index in [2.05, 4.69) is 4.98 Å². The van der Waals surface area contributed by atoms with Gasteiger partial charge in [0.15, 0.2) is 0 Å².